The minimum Gasteiger partial charge on any atom is -0.364 e. The molecule has 2 rings (SSSR count). The van der Waals surface area contributed by atoms with Gasteiger partial charge in [-0.15, -0.1) is 12.4 Å². The van der Waals surface area contributed by atoms with Gasteiger partial charge in [-0.1, -0.05) is 19.1 Å². The molecule has 0 saturated carbocycles. The van der Waals surface area contributed by atoms with Crippen molar-refractivity contribution in [2.24, 2.45) is 5.73 Å². The smallest absolute Gasteiger partial charge is 0.253 e. The van der Waals surface area contributed by atoms with Gasteiger partial charge in [-0.3, -0.25) is 4.79 Å². The van der Waals surface area contributed by atoms with Crippen molar-refractivity contribution in [2.45, 2.75) is 37.7 Å². The summed E-state index contributed by atoms with van der Waals surface area (Å²) in [7, 11) is 0. The van der Waals surface area contributed by atoms with Gasteiger partial charge in [-0.2, -0.15) is 11.8 Å². The molecule has 2 atom stereocenters. The van der Waals surface area contributed by atoms with Crippen LogP contribution in [0.4, 0.5) is 5.69 Å². The number of hydrogen-bond donors (Lipinski definition) is 2. The van der Waals surface area contributed by atoms with E-state index < -0.39 is 0 Å². The van der Waals surface area contributed by atoms with Gasteiger partial charge in [0.15, 0.2) is 0 Å². The lowest BCUT2D eigenvalue weighted by atomic mass is 10.1. The Morgan fingerprint density at radius 3 is 2.95 bits per heavy atom. The van der Waals surface area contributed by atoms with E-state index in [0.717, 1.165) is 30.0 Å². The van der Waals surface area contributed by atoms with Gasteiger partial charge >= 0.3 is 0 Å². The molecule has 0 aliphatic carbocycles. The number of anilines is 1. The Labute approximate surface area is 136 Å². The second-order valence-electron chi connectivity index (χ2n) is 4.89. The van der Waals surface area contributed by atoms with E-state index >= 15 is 0 Å². The third kappa shape index (κ3) is 5.51. The molecule has 118 valence electrons. The van der Waals surface area contributed by atoms with Crippen LogP contribution in [0.5, 0.6) is 0 Å². The lowest BCUT2D eigenvalue weighted by Crippen LogP contribution is -2.29. The summed E-state index contributed by atoms with van der Waals surface area (Å²) in [6.07, 6.45) is 1.27. The molecule has 21 heavy (non-hydrogen) atoms. The second-order valence-corrected chi connectivity index (χ2v) is 6.16. The fraction of sp³-hybridized carbons (Fsp3) is 0.533. The quantitative estimate of drug-likeness (QED) is 0.841. The molecule has 1 amide bonds. The summed E-state index contributed by atoms with van der Waals surface area (Å²) in [6.45, 7) is 2.62. The molecule has 1 saturated heterocycles. The largest absolute Gasteiger partial charge is 0.364 e. The number of hydrogen-bond acceptors (Lipinski definition) is 4. The van der Waals surface area contributed by atoms with Crippen LogP contribution in [0, 0.1) is 0 Å². The lowest BCUT2D eigenvalue weighted by molar-refractivity contribution is -0.126. The highest BCUT2D eigenvalue weighted by molar-refractivity contribution is 7.98. The van der Waals surface area contributed by atoms with Gasteiger partial charge < -0.3 is 15.8 Å². The van der Waals surface area contributed by atoms with Crippen LogP contribution in [0.15, 0.2) is 24.3 Å². The van der Waals surface area contributed by atoms with E-state index in [9.17, 15) is 4.79 Å². The molecule has 1 aliphatic heterocycles. The summed E-state index contributed by atoms with van der Waals surface area (Å²) >= 11 is 1.87. The molecule has 1 aromatic carbocycles. The summed E-state index contributed by atoms with van der Waals surface area (Å²) in [5.74, 6) is 1.99. The molecule has 0 unspecified atom stereocenters. The molecule has 6 heteroatoms. The lowest BCUT2D eigenvalue weighted by Gasteiger charge is -2.13. The maximum atomic E-state index is 12.1. The number of amides is 1. The Morgan fingerprint density at radius 1 is 1.48 bits per heavy atom. The molecule has 0 bridgehead atoms. The van der Waals surface area contributed by atoms with Crippen LogP contribution in [0.3, 0.4) is 0 Å². The van der Waals surface area contributed by atoms with E-state index in [1.807, 2.05) is 30.0 Å². The first-order valence-electron chi connectivity index (χ1n) is 7.06. The van der Waals surface area contributed by atoms with Gasteiger partial charge in [0.05, 0.1) is 6.10 Å². The first-order chi connectivity index (χ1) is 9.72. The maximum absolute atomic E-state index is 12.1. The fourth-order valence-corrected chi connectivity index (χ4v) is 2.87. The van der Waals surface area contributed by atoms with Gasteiger partial charge in [0, 0.05) is 18.0 Å². The zero-order valence-electron chi connectivity index (χ0n) is 12.2. The zero-order valence-corrected chi connectivity index (χ0v) is 13.8. The Balaban J connectivity index is 0.00000220. The van der Waals surface area contributed by atoms with Gasteiger partial charge in [-0.05, 0) is 36.3 Å². The Morgan fingerprint density at radius 2 is 2.29 bits per heavy atom. The standard InChI is InChI=1S/C15H22N2O2S.ClH/c1-2-20-10-11-4-3-5-12(8-11)17-15(18)14-7-6-13(9-16)19-14;/h3-5,8,13-14H,2,6-7,9-10,16H2,1H3,(H,17,18);1H/t13-,14+;/m1./s1. The first-order valence-corrected chi connectivity index (χ1v) is 8.21. The van der Waals surface area contributed by atoms with Gasteiger partial charge in [0.25, 0.3) is 5.91 Å². The summed E-state index contributed by atoms with van der Waals surface area (Å²) < 4.78 is 5.60. The van der Waals surface area contributed by atoms with Crippen molar-refractivity contribution in [3.8, 4) is 0 Å². The van der Waals surface area contributed by atoms with Crippen LogP contribution in [0.2, 0.25) is 0 Å². The molecular weight excluding hydrogens is 308 g/mol. The number of carbonyl (C=O) groups is 1. The molecule has 0 spiro atoms. The molecule has 0 aromatic heterocycles. The monoisotopic (exact) mass is 330 g/mol. The SMILES string of the molecule is CCSCc1cccc(NC(=O)[C@@H]2CC[C@H](CN)O2)c1.Cl. The normalized spacial score (nSPS) is 20.9. The summed E-state index contributed by atoms with van der Waals surface area (Å²) in [5.41, 5.74) is 7.62. The van der Waals surface area contributed by atoms with Crippen molar-refractivity contribution in [1.82, 2.24) is 0 Å². The molecule has 1 aliphatic rings. The molecule has 0 radical (unpaired) electrons. The highest BCUT2D eigenvalue weighted by Gasteiger charge is 2.29. The van der Waals surface area contributed by atoms with Crippen molar-refractivity contribution in [3.05, 3.63) is 29.8 Å². The van der Waals surface area contributed by atoms with Gasteiger partial charge in [0.1, 0.15) is 6.10 Å². The minimum atomic E-state index is -0.364. The Hall–Kier alpha value is -0.750. The van der Waals surface area contributed by atoms with Crippen molar-refractivity contribution in [1.29, 1.82) is 0 Å². The number of thioether (sulfide) groups is 1. The first kappa shape index (κ1) is 18.3. The molecule has 3 N–H and O–H groups in total. The second kappa shape index (κ2) is 9.30. The third-order valence-corrected chi connectivity index (χ3v) is 4.28. The van der Waals surface area contributed by atoms with Gasteiger partial charge in [-0.25, -0.2) is 0 Å². The number of ether oxygens (including phenoxy) is 1. The van der Waals surface area contributed by atoms with E-state index in [1.165, 1.54) is 5.56 Å². The predicted octanol–water partition coefficient (Wildman–Crippen LogP) is 2.81. The van der Waals surface area contributed by atoms with Crippen molar-refractivity contribution >= 4 is 35.8 Å². The number of nitrogens with one attached hydrogen (secondary N) is 1. The average molecular weight is 331 g/mol. The van der Waals surface area contributed by atoms with Crippen LogP contribution in [0.1, 0.15) is 25.3 Å². The summed E-state index contributed by atoms with van der Waals surface area (Å²) in [4.78, 5) is 12.1. The molecule has 1 heterocycles. The molecule has 1 aromatic rings. The van der Waals surface area contributed by atoms with E-state index in [2.05, 4.69) is 18.3 Å². The number of rotatable bonds is 6. The zero-order chi connectivity index (χ0) is 14.4. The van der Waals surface area contributed by atoms with Crippen LogP contribution in [0.25, 0.3) is 0 Å². The van der Waals surface area contributed by atoms with Crippen LogP contribution in [-0.4, -0.2) is 30.4 Å². The fourth-order valence-electron chi connectivity index (χ4n) is 2.25. The summed E-state index contributed by atoms with van der Waals surface area (Å²) in [5, 5.41) is 2.93. The molecule has 4 nitrogen and oxygen atoms in total. The van der Waals surface area contributed by atoms with Crippen LogP contribution >= 0.6 is 24.2 Å². The van der Waals surface area contributed by atoms with E-state index in [0.29, 0.717) is 6.54 Å². The highest BCUT2D eigenvalue weighted by Crippen LogP contribution is 2.21. The maximum Gasteiger partial charge on any atom is 0.253 e. The molecule has 1 fully saturated rings. The van der Waals surface area contributed by atoms with Gasteiger partial charge in [0.2, 0.25) is 0 Å². The van der Waals surface area contributed by atoms with E-state index in [1.54, 1.807) is 0 Å². The van der Waals surface area contributed by atoms with Crippen LogP contribution < -0.4 is 11.1 Å². The van der Waals surface area contributed by atoms with E-state index in [-0.39, 0.29) is 30.5 Å². The van der Waals surface area contributed by atoms with E-state index in [4.69, 9.17) is 10.5 Å². The van der Waals surface area contributed by atoms with Crippen molar-refractivity contribution < 1.29 is 9.53 Å². The summed E-state index contributed by atoms with van der Waals surface area (Å²) in [6, 6.07) is 7.98. The Kier molecular flexibility index (Phi) is 8.11. The topological polar surface area (TPSA) is 64.4 Å². The third-order valence-electron chi connectivity index (χ3n) is 3.33. The Bertz CT molecular complexity index is 459. The number of nitrogens with two attached hydrogens (primary N) is 1. The van der Waals surface area contributed by atoms with Crippen molar-refractivity contribution in [3.63, 3.8) is 0 Å². The minimum absolute atomic E-state index is 0. The highest BCUT2D eigenvalue weighted by atomic mass is 35.5. The van der Waals surface area contributed by atoms with Crippen molar-refractivity contribution in [2.75, 3.05) is 17.6 Å². The number of benzene rings is 1. The molecular formula is C15H23ClN2O2S. The predicted molar refractivity (Wildman–Crippen MR) is 91.1 cm³/mol. The number of halogens is 1. The van der Waals surface area contributed by atoms with Crippen LogP contribution in [-0.2, 0) is 15.3 Å². The number of carbonyl (C=O) groups excluding carboxylic acids is 1. The average Bonchev–Trinajstić information content (AvgIpc) is 2.94.